The van der Waals surface area contributed by atoms with Gasteiger partial charge in [-0.2, -0.15) is 4.37 Å². The number of hydrogen-bond acceptors (Lipinski definition) is 5. The molecule has 0 saturated carbocycles. The molecule has 1 aromatic heterocycles. The van der Waals surface area contributed by atoms with E-state index < -0.39 is 0 Å². The number of nitrogens with zero attached hydrogens (tertiary/aromatic N) is 3. The highest BCUT2D eigenvalue weighted by atomic mass is 32.1. The number of hydrogen-bond donors (Lipinski definition) is 1. The highest BCUT2D eigenvalue weighted by Gasteiger charge is 2.24. The van der Waals surface area contributed by atoms with E-state index in [4.69, 9.17) is 4.98 Å². The van der Waals surface area contributed by atoms with Crippen LogP contribution in [0.25, 0.3) is 0 Å². The van der Waals surface area contributed by atoms with Crippen LogP contribution in [0, 0.1) is 5.92 Å². The van der Waals surface area contributed by atoms with Crippen molar-refractivity contribution >= 4 is 16.7 Å². The number of anilines is 1. The number of piperidine rings is 1. The van der Waals surface area contributed by atoms with Crippen molar-refractivity contribution in [3.8, 4) is 0 Å². The molecule has 1 aliphatic rings. The van der Waals surface area contributed by atoms with E-state index >= 15 is 0 Å². The monoisotopic (exact) mass is 282 g/mol. The van der Waals surface area contributed by atoms with E-state index in [2.05, 4.69) is 35.4 Å². The zero-order chi connectivity index (χ0) is 13.9. The second-order valence-electron chi connectivity index (χ2n) is 6.47. The van der Waals surface area contributed by atoms with E-state index in [1.54, 1.807) is 11.5 Å². The van der Waals surface area contributed by atoms with Crippen molar-refractivity contribution in [2.24, 2.45) is 5.92 Å². The largest absolute Gasteiger partial charge is 0.347 e. The molecule has 0 aliphatic carbocycles. The van der Waals surface area contributed by atoms with Crippen molar-refractivity contribution in [1.29, 1.82) is 0 Å². The average Bonchev–Trinajstić information content (AvgIpc) is 2.86. The molecule has 2 heterocycles. The minimum atomic E-state index is 0.0554. The van der Waals surface area contributed by atoms with Crippen molar-refractivity contribution in [2.75, 3.05) is 31.6 Å². The molecule has 0 spiro atoms. The summed E-state index contributed by atoms with van der Waals surface area (Å²) >= 11 is 1.55. The second kappa shape index (κ2) is 6.18. The Labute approximate surface area is 120 Å². The van der Waals surface area contributed by atoms with Gasteiger partial charge in [0.05, 0.1) is 0 Å². The van der Waals surface area contributed by atoms with Gasteiger partial charge >= 0.3 is 0 Å². The Kier molecular flexibility index (Phi) is 4.79. The van der Waals surface area contributed by atoms with Crippen LogP contribution in [0.5, 0.6) is 0 Å². The third kappa shape index (κ3) is 3.89. The van der Waals surface area contributed by atoms with Gasteiger partial charge in [-0.1, -0.05) is 20.8 Å². The summed E-state index contributed by atoms with van der Waals surface area (Å²) in [6.45, 7) is 9.91. The Bertz CT molecular complexity index is 388. The molecule has 0 unspecified atom stereocenters. The lowest BCUT2D eigenvalue weighted by atomic mass is 9.94. The van der Waals surface area contributed by atoms with Gasteiger partial charge in [0.25, 0.3) is 0 Å². The van der Waals surface area contributed by atoms with Crippen LogP contribution in [0.15, 0.2) is 0 Å². The summed E-state index contributed by atoms with van der Waals surface area (Å²) in [5.41, 5.74) is 0.0554. The molecule has 0 atom stereocenters. The predicted molar refractivity (Wildman–Crippen MR) is 82.1 cm³/mol. The SMILES string of the molecule is CNCCC1CCN(c2nc(C(C)(C)C)ns2)CC1. The summed E-state index contributed by atoms with van der Waals surface area (Å²) in [5, 5.41) is 4.35. The fourth-order valence-electron chi connectivity index (χ4n) is 2.41. The Morgan fingerprint density at radius 2 is 2.00 bits per heavy atom. The molecule has 0 radical (unpaired) electrons. The molecule has 1 aliphatic heterocycles. The van der Waals surface area contributed by atoms with Gasteiger partial charge in [-0.25, -0.2) is 4.98 Å². The molecule has 0 bridgehead atoms. The molecule has 0 amide bonds. The first-order valence-electron chi connectivity index (χ1n) is 7.24. The standard InChI is InChI=1S/C14H26N4S/c1-14(2,3)12-16-13(19-17-12)18-9-6-11(7-10-18)5-8-15-4/h11,15H,5-10H2,1-4H3. The van der Waals surface area contributed by atoms with Crippen molar-refractivity contribution in [2.45, 2.75) is 45.4 Å². The molecule has 0 aromatic carbocycles. The highest BCUT2D eigenvalue weighted by molar-refractivity contribution is 7.09. The Morgan fingerprint density at radius 3 is 2.53 bits per heavy atom. The van der Waals surface area contributed by atoms with E-state index in [0.29, 0.717) is 0 Å². The minimum absolute atomic E-state index is 0.0554. The zero-order valence-corrected chi connectivity index (χ0v) is 13.4. The lowest BCUT2D eigenvalue weighted by Crippen LogP contribution is -2.34. The van der Waals surface area contributed by atoms with E-state index in [1.165, 1.54) is 19.3 Å². The van der Waals surface area contributed by atoms with Gasteiger partial charge < -0.3 is 10.2 Å². The Hall–Kier alpha value is -0.680. The van der Waals surface area contributed by atoms with E-state index in [-0.39, 0.29) is 5.41 Å². The number of aromatic nitrogens is 2. The summed E-state index contributed by atoms with van der Waals surface area (Å²) < 4.78 is 4.51. The molecule has 1 aromatic rings. The Balaban J connectivity index is 1.89. The first-order chi connectivity index (χ1) is 9.00. The van der Waals surface area contributed by atoms with Crippen molar-refractivity contribution in [3.05, 3.63) is 5.82 Å². The highest BCUT2D eigenvalue weighted by Crippen LogP contribution is 2.29. The summed E-state index contributed by atoms with van der Waals surface area (Å²) in [5.74, 6) is 1.85. The van der Waals surface area contributed by atoms with Crippen LogP contribution in [0.4, 0.5) is 5.13 Å². The summed E-state index contributed by atoms with van der Waals surface area (Å²) in [7, 11) is 2.03. The van der Waals surface area contributed by atoms with Crippen LogP contribution < -0.4 is 10.2 Å². The molecule has 1 fully saturated rings. The van der Waals surface area contributed by atoms with E-state index in [1.807, 2.05) is 7.05 Å². The van der Waals surface area contributed by atoms with Crippen molar-refractivity contribution in [3.63, 3.8) is 0 Å². The van der Waals surface area contributed by atoms with Gasteiger partial charge in [0.1, 0.15) is 5.82 Å². The van der Waals surface area contributed by atoms with Crippen LogP contribution in [-0.4, -0.2) is 36.0 Å². The van der Waals surface area contributed by atoms with Gasteiger partial charge in [-0.15, -0.1) is 0 Å². The van der Waals surface area contributed by atoms with Crippen LogP contribution in [0.2, 0.25) is 0 Å². The van der Waals surface area contributed by atoms with Crippen LogP contribution in [0.1, 0.15) is 45.9 Å². The molecule has 1 N–H and O–H groups in total. The van der Waals surface area contributed by atoms with Crippen molar-refractivity contribution in [1.82, 2.24) is 14.7 Å². The molecule has 5 heteroatoms. The minimum Gasteiger partial charge on any atom is -0.347 e. The third-order valence-electron chi connectivity index (χ3n) is 3.77. The quantitative estimate of drug-likeness (QED) is 0.922. The first-order valence-corrected chi connectivity index (χ1v) is 8.02. The molecular formula is C14H26N4S. The number of rotatable bonds is 4. The van der Waals surface area contributed by atoms with Gasteiger partial charge in [0, 0.05) is 30.0 Å². The molecule has 2 rings (SSSR count). The van der Waals surface area contributed by atoms with Crippen molar-refractivity contribution < 1.29 is 0 Å². The van der Waals surface area contributed by atoms with Gasteiger partial charge in [-0.05, 0) is 38.8 Å². The number of nitrogens with one attached hydrogen (secondary N) is 1. The lowest BCUT2D eigenvalue weighted by molar-refractivity contribution is 0.378. The smallest absolute Gasteiger partial charge is 0.205 e. The predicted octanol–water partition coefficient (Wildman–Crippen LogP) is 2.66. The molecular weight excluding hydrogens is 256 g/mol. The molecule has 19 heavy (non-hydrogen) atoms. The summed E-state index contributed by atoms with van der Waals surface area (Å²) in [6, 6.07) is 0. The Morgan fingerprint density at radius 1 is 1.32 bits per heavy atom. The van der Waals surface area contributed by atoms with Crippen LogP contribution >= 0.6 is 11.5 Å². The maximum atomic E-state index is 4.71. The van der Waals surface area contributed by atoms with E-state index in [9.17, 15) is 0 Å². The average molecular weight is 282 g/mol. The summed E-state index contributed by atoms with van der Waals surface area (Å²) in [6.07, 6.45) is 3.87. The first kappa shape index (κ1) is 14.7. The van der Waals surface area contributed by atoms with Crippen LogP contribution in [0.3, 0.4) is 0 Å². The normalized spacial score (nSPS) is 18.0. The van der Waals surface area contributed by atoms with Gasteiger partial charge in [0.15, 0.2) is 0 Å². The second-order valence-corrected chi connectivity index (χ2v) is 7.20. The van der Waals surface area contributed by atoms with Gasteiger partial charge in [-0.3, -0.25) is 0 Å². The molecule has 108 valence electrons. The lowest BCUT2D eigenvalue weighted by Gasteiger charge is -2.31. The molecule has 4 nitrogen and oxygen atoms in total. The fourth-order valence-corrected chi connectivity index (χ4v) is 3.32. The molecule has 1 saturated heterocycles. The maximum absolute atomic E-state index is 4.71. The van der Waals surface area contributed by atoms with Gasteiger partial charge in [0.2, 0.25) is 5.13 Å². The fraction of sp³-hybridized carbons (Fsp3) is 0.857. The third-order valence-corrected chi connectivity index (χ3v) is 4.55. The topological polar surface area (TPSA) is 41.0 Å². The van der Waals surface area contributed by atoms with Crippen LogP contribution in [-0.2, 0) is 5.41 Å². The van der Waals surface area contributed by atoms with E-state index in [0.717, 1.165) is 36.5 Å². The summed E-state index contributed by atoms with van der Waals surface area (Å²) in [4.78, 5) is 7.12. The maximum Gasteiger partial charge on any atom is 0.205 e. The zero-order valence-electron chi connectivity index (χ0n) is 12.6.